The summed E-state index contributed by atoms with van der Waals surface area (Å²) >= 11 is 0. The number of carbonyl (C=O) groups is 1. The lowest BCUT2D eigenvalue weighted by Gasteiger charge is -2.32. The largest absolute Gasteiger partial charge is 0.375 e. The number of nitrogens with one attached hydrogen (secondary N) is 2. The van der Waals surface area contributed by atoms with Gasteiger partial charge in [-0.1, -0.05) is 0 Å². The molecule has 2 N–H and O–H groups in total. The Bertz CT molecular complexity index is 272. The zero-order valence-corrected chi connectivity index (χ0v) is 10.7. The fourth-order valence-corrected chi connectivity index (χ4v) is 2.69. The second-order valence-corrected chi connectivity index (χ2v) is 5.00. The van der Waals surface area contributed by atoms with E-state index in [4.69, 9.17) is 4.74 Å². The number of ether oxygens (including phenoxy) is 1. The first-order chi connectivity index (χ1) is 8.22. The van der Waals surface area contributed by atoms with Gasteiger partial charge in [0, 0.05) is 19.6 Å². The van der Waals surface area contributed by atoms with Gasteiger partial charge in [-0.15, -0.1) is 0 Å². The van der Waals surface area contributed by atoms with Gasteiger partial charge in [-0.3, -0.25) is 4.79 Å². The van der Waals surface area contributed by atoms with E-state index in [0.29, 0.717) is 12.5 Å². The lowest BCUT2D eigenvalue weighted by molar-refractivity contribution is -0.138. The highest BCUT2D eigenvalue weighted by Crippen LogP contribution is 2.18. The first-order valence-corrected chi connectivity index (χ1v) is 6.50. The van der Waals surface area contributed by atoms with Gasteiger partial charge >= 0.3 is 0 Å². The van der Waals surface area contributed by atoms with Gasteiger partial charge in [-0.2, -0.15) is 0 Å². The van der Waals surface area contributed by atoms with Crippen LogP contribution in [0.4, 0.5) is 0 Å². The topological polar surface area (TPSA) is 53.6 Å². The van der Waals surface area contributed by atoms with Crippen LogP contribution in [0.25, 0.3) is 0 Å². The number of morpholine rings is 1. The molecule has 1 amide bonds. The lowest BCUT2D eigenvalue weighted by atomic mass is 10.1. The van der Waals surface area contributed by atoms with Crippen molar-refractivity contribution in [2.45, 2.75) is 25.5 Å². The first kappa shape index (κ1) is 12.8. The molecule has 0 radical (unpaired) electrons. The summed E-state index contributed by atoms with van der Waals surface area (Å²) in [6.07, 6.45) is 1.09. The maximum absolute atomic E-state index is 12.3. The molecule has 1 unspecified atom stereocenters. The molecular formula is C12H23N3O2. The summed E-state index contributed by atoms with van der Waals surface area (Å²) < 4.78 is 5.52. The molecule has 0 aliphatic carbocycles. The van der Waals surface area contributed by atoms with Gasteiger partial charge in [-0.25, -0.2) is 0 Å². The Morgan fingerprint density at radius 1 is 1.59 bits per heavy atom. The minimum absolute atomic E-state index is 0.0143. The molecule has 0 aromatic rings. The maximum Gasteiger partial charge on any atom is 0.242 e. The fraction of sp³-hybridized carbons (Fsp3) is 0.917. The van der Waals surface area contributed by atoms with E-state index >= 15 is 0 Å². The van der Waals surface area contributed by atoms with Crippen LogP contribution in [0.1, 0.15) is 13.3 Å². The molecular weight excluding hydrogens is 218 g/mol. The van der Waals surface area contributed by atoms with E-state index in [1.807, 2.05) is 18.9 Å². The average Bonchev–Trinajstić information content (AvgIpc) is 2.78. The number of hydrogen-bond acceptors (Lipinski definition) is 4. The first-order valence-electron chi connectivity index (χ1n) is 6.50. The van der Waals surface area contributed by atoms with Crippen LogP contribution in [0.15, 0.2) is 0 Å². The molecule has 5 nitrogen and oxygen atoms in total. The summed E-state index contributed by atoms with van der Waals surface area (Å²) in [5.74, 6) is 0.805. The van der Waals surface area contributed by atoms with Crippen molar-refractivity contribution in [3.63, 3.8) is 0 Å². The molecule has 2 heterocycles. The predicted molar refractivity (Wildman–Crippen MR) is 65.8 cm³/mol. The zero-order chi connectivity index (χ0) is 12.3. The van der Waals surface area contributed by atoms with Gasteiger partial charge in [0.25, 0.3) is 0 Å². The number of likely N-dealkylation sites (tertiary alicyclic amines) is 1. The maximum atomic E-state index is 12.3. The minimum atomic E-state index is -0.155. The van der Waals surface area contributed by atoms with E-state index in [1.165, 1.54) is 0 Å². The third-order valence-electron chi connectivity index (χ3n) is 3.67. The normalized spacial score (nSPS) is 34.0. The summed E-state index contributed by atoms with van der Waals surface area (Å²) in [4.78, 5) is 14.3. The van der Waals surface area contributed by atoms with Gasteiger partial charge in [-0.05, 0) is 32.9 Å². The highest BCUT2D eigenvalue weighted by Gasteiger charge is 2.34. The van der Waals surface area contributed by atoms with Crippen LogP contribution < -0.4 is 10.6 Å². The third-order valence-corrected chi connectivity index (χ3v) is 3.67. The Morgan fingerprint density at radius 2 is 2.41 bits per heavy atom. The van der Waals surface area contributed by atoms with Crippen LogP contribution in [-0.2, 0) is 9.53 Å². The average molecular weight is 241 g/mol. The van der Waals surface area contributed by atoms with Crippen molar-refractivity contribution in [2.24, 2.45) is 5.92 Å². The van der Waals surface area contributed by atoms with Gasteiger partial charge in [0.05, 0.1) is 12.7 Å². The SMILES string of the molecule is CNCC1CCN(C(=O)[C@H]2NCCO[C@@H]2C)C1. The summed E-state index contributed by atoms with van der Waals surface area (Å²) in [6.45, 7) is 6.20. The highest BCUT2D eigenvalue weighted by atomic mass is 16.5. The molecule has 17 heavy (non-hydrogen) atoms. The van der Waals surface area contributed by atoms with Crippen LogP contribution in [0.3, 0.4) is 0 Å². The molecule has 0 bridgehead atoms. The van der Waals surface area contributed by atoms with Crippen LogP contribution in [-0.4, -0.2) is 62.8 Å². The predicted octanol–water partition coefficient (Wildman–Crippen LogP) is -0.569. The number of nitrogens with zero attached hydrogens (tertiary/aromatic N) is 1. The van der Waals surface area contributed by atoms with E-state index in [-0.39, 0.29) is 18.1 Å². The number of hydrogen-bond donors (Lipinski definition) is 2. The molecule has 98 valence electrons. The van der Waals surface area contributed by atoms with E-state index in [1.54, 1.807) is 0 Å². The van der Waals surface area contributed by atoms with E-state index in [0.717, 1.165) is 32.6 Å². The molecule has 0 aromatic carbocycles. The standard InChI is InChI=1S/C12H23N3O2/c1-9-11(14-4-6-17-9)12(16)15-5-3-10(8-15)7-13-2/h9-11,13-14H,3-8H2,1-2H3/t9-,10?,11+/m1/s1. The molecule has 5 heteroatoms. The van der Waals surface area contributed by atoms with Crippen molar-refractivity contribution in [1.82, 2.24) is 15.5 Å². The Kier molecular flexibility index (Phi) is 4.36. The Hall–Kier alpha value is -0.650. The number of carbonyl (C=O) groups excluding carboxylic acids is 1. The third kappa shape index (κ3) is 2.97. The summed E-state index contributed by atoms with van der Waals surface area (Å²) in [5, 5.41) is 6.44. The molecule has 2 rings (SSSR count). The number of rotatable bonds is 3. The molecule has 3 atom stereocenters. The van der Waals surface area contributed by atoms with Crippen molar-refractivity contribution >= 4 is 5.91 Å². The Balaban J connectivity index is 1.87. The molecule has 2 aliphatic heterocycles. The van der Waals surface area contributed by atoms with Crippen LogP contribution in [0.2, 0.25) is 0 Å². The van der Waals surface area contributed by atoms with Crippen molar-refractivity contribution in [1.29, 1.82) is 0 Å². The Labute approximate surface area is 103 Å². The van der Waals surface area contributed by atoms with Gasteiger partial charge < -0.3 is 20.3 Å². The van der Waals surface area contributed by atoms with E-state index in [9.17, 15) is 4.79 Å². The highest BCUT2D eigenvalue weighted by molar-refractivity contribution is 5.83. The second-order valence-electron chi connectivity index (χ2n) is 5.00. The summed E-state index contributed by atoms with van der Waals surface area (Å²) in [6, 6.07) is -0.155. The van der Waals surface area contributed by atoms with Crippen LogP contribution >= 0.6 is 0 Å². The fourth-order valence-electron chi connectivity index (χ4n) is 2.69. The molecule has 0 aromatic heterocycles. The van der Waals surface area contributed by atoms with Crippen molar-refractivity contribution < 1.29 is 9.53 Å². The van der Waals surface area contributed by atoms with Crippen LogP contribution in [0.5, 0.6) is 0 Å². The summed E-state index contributed by atoms with van der Waals surface area (Å²) in [5.41, 5.74) is 0. The van der Waals surface area contributed by atoms with Crippen molar-refractivity contribution in [3.8, 4) is 0 Å². The second kappa shape index (κ2) is 5.80. The van der Waals surface area contributed by atoms with Gasteiger partial charge in [0.2, 0.25) is 5.91 Å². The van der Waals surface area contributed by atoms with E-state index in [2.05, 4.69) is 10.6 Å². The molecule has 2 fully saturated rings. The summed E-state index contributed by atoms with van der Waals surface area (Å²) in [7, 11) is 1.96. The smallest absolute Gasteiger partial charge is 0.242 e. The van der Waals surface area contributed by atoms with Gasteiger partial charge in [0.1, 0.15) is 6.04 Å². The van der Waals surface area contributed by atoms with Crippen molar-refractivity contribution in [3.05, 3.63) is 0 Å². The lowest BCUT2D eigenvalue weighted by Crippen LogP contribution is -2.56. The molecule has 0 saturated carbocycles. The zero-order valence-electron chi connectivity index (χ0n) is 10.7. The van der Waals surface area contributed by atoms with Gasteiger partial charge in [0.15, 0.2) is 0 Å². The monoisotopic (exact) mass is 241 g/mol. The molecule has 2 saturated heterocycles. The Morgan fingerprint density at radius 3 is 3.12 bits per heavy atom. The van der Waals surface area contributed by atoms with E-state index < -0.39 is 0 Å². The molecule has 0 spiro atoms. The van der Waals surface area contributed by atoms with Crippen LogP contribution in [0, 0.1) is 5.92 Å². The minimum Gasteiger partial charge on any atom is -0.375 e. The van der Waals surface area contributed by atoms with Crippen molar-refractivity contribution in [2.75, 3.05) is 39.8 Å². The number of amides is 1. The quantitative estimate of drug-likeness (QED) is 0.695. The molecule has 2 aliphatic rings.